The molecular formula is C37H50N8O12. The first-order valence-electron chi connectivity index (χ1n) is 18.0. The van der Waals surface area contributed by atoms with E-state index in [0.717, 1.165) is 12.1 Å². The maximum Gasteiger partial charge on any atom is 0.330 e. The molecule has 0 aromatic heterocycles. The van der Waals surface area contributed by atoms with Gasteiger partial charge in [-0.25, -0.2) is 4.79 Å². The van der Waals surface area contributed by atoms with Crippen molar-refractivity contribution in [1.82, 2.24) is 37.2 Å². The fourth-order valence-corrected chi connectivity index (χ4v) is 6.06. The molecule has 2 aromatic carbocycles. The second-order valence-corrected chi connectivity index (χ2v) is 14.1. The summed E-state index contributed by atoms with van der Waals surface area (Å²) in [5.74, 6) is -8.79. The second kappa shape index (κ2) is 19.5. The molecule has 0 spiro atoms. The normalized spacial score (nSPS) is 18.8. The fourth-order valence-electron chi connectivity index (χ4n) is 6.06. The zero-order valence-corrected chi connectivity index (χ0v) is 32.3. The Hall–Kier alpha value is -6.28. The SMILES string of the molecule is CN[C@H](CC(C)C)C(=O)N[C@H](C)C(=O)N[C@@H](CC(N)=O)C(=O)N[C@H](C)C(=O)N[C@H]1C(=O)N[C@@H](C)C(=O)N[C@H](C(=O)O)c2cc(O)cc(O)c2-c2cc1ccc2CO. The van der Waals surface area contributed by atoms with Gasteiger partial charge in [0.2, 0.25) is 41.4 Å². The molecule has 3 rings (SSSR count). The number of phenols is 2. The Labute approximate surface area is 327 Å². The number of aliphatic hydroxyl groups is 1. The van der Waals surface area contributed by atoms with Gasteiger partial charge >= 0.3 is 5.97 Å². The molecule has 57 heavy (non-hydrogen) atoms. The average Bonchev–Trinajstić information content (AvgIpc) is 3.12. The number of amides is 7. The Morgan fingerprint density at radius 3 is 2.00 bits per heavy atom. The van der Waals surface area contributed by atoms with Crippen molar-refractivity contribution in [2.45, 2.75) is 96.4 Å². The molecule has 0 aliphatic carbocycles. The Balaban J connectivity index is 1.94. The third kappa shape index (κ3) is 11.6. The molecule has 20 heteroatoms. The van der Waals surface area contributed by atoms with Crippen LogP contribution in [0.4, 0.5) is 0 Å². The molecule has 310 valence electrons. The van der Waals surface area contributed by atoms with Crippen molar-refractivity contribution in [2.75, 3.05) is 7.05 Å². The number of nitrogens with two attached hydrogens (primary N) is 1. The highest BCUT2D eigenvalue weighted by Gasteiger charge is 2.35. The molecule has 1 aliphatic heterocycles. The lowest BCUT2D eigenvalue weighted by molar-refractivity contribution is -0.142. The van der Waals surface area contributed by atoms with Crippen LogP contribution in [0.5, 0.6) is 11.5 Å². The van der Waals surface area contributed by atoms with Crippen LogP contribution < -0.4 is 43.0 Å². The first-order chi connectivity index (χ1) is 26.7. The van der Waals surface area contributed by atoms with E-state index in [2.05, 4.69) is 37.2 Å². The van der Waals surface area contributed by atoms with E-state index >= 15 is 0 Å². The van der Waals surface area contributed by atoms with E-state index in [9.17, 15) is 58.8 Å². The van der Waals surface area contributed by atoms with Gasteiger partial charge in [-0.3, -0.25) is 33.6 Å². The number of nitrogens with one attached hydrogen (secondary N) is 7. The van der Waals surface area contributed by atoms with E-state index in [0.29, 0.717) is 6.42 Å². The van der Waals surface area contributed by atoms with Crippen molar-refractivity contribution in [2.24, 2.45) is 11.7 Å². The number of rotatable bonds is 15. The summed E-state index contributed by atoms with van der Waals surface area (Å²) in [6.45, 7) is 7.04. The number of benzene rings is 2. The standard InChI is InChI=1S/C37H50N8O12/c1-15(2)9-24(39-6)34(53)40-16(3)31(50)43-25(13-27(38)49)35(54)41-17(4)32(51)44-29-19-7-8-20(14-46)22(10-19)28-23(11-21(47)12-26(28)48)30(37(56)57)45-33(52)18(5)42-36(29)55/h7-8,10-12,15-18,24-25,29-30,39,46-48H,9,13-14H2,1-6H3,(H2,38,49)(H,40,53)(H,41,54)(H,42,55)(H,43,50)(H,44,51)(H,45,52)(H,56,57)/t16-,17-,18+,24-,25+,29-,30+/m1/s1. The first kappa shape index (κ1) is 45.1. The summed E-state index contributed by atoms with van der Waals surface area (Å²) in [7, 11) is 1.59. The summed E-state index contributed by atoms with van der Waals surface area (Å²) in [6.07, 6.45) is -0.204. The number of phenolic OH excluding ortho intramolecular Hbond substituents is 2. The Morgan fingerprint density at radius 2 is 1.44 bits per heavy atom. The summed E-state index contributed by atoms with van der Waals surface area (Å²) in [5, 5.41) is 58.8. The van der Waals surface area contributed by atoms with E-state index in [1.807, 2.05) is 13.8 Å². The Morgan fingerprint density at radius 1 is 0.825 bits per heavy atom. The smallest absolute Gasteiger partial charge is 0.330 e. The van der Waals surface area contributed by atoms with E-state index in [4.69, 9.17) is 5.73 Å². The van der Waals surface area contributed by atoms with Crippen LogP contribution in [-0.2, 0) is 45.0 Å². The predicted molar refractivity (Wildman–Crippen MR) is 201 cm³/mol. The zero-order valence-electron chi connectivity index (χ0n) is 32.3. The van der Waals surface area contributed by atoms with E-state index in [-0.39, 0.29) is 33.7 Å². The molecule has 0 unspecified atom stereocenters. The first-order valence-corrected chi connectivity index (χ1v) is 18.0. The number of carboxylic acid groups (broad SMARTS) is 1. The number of primary amides is 1. The van der Waals surface area contributed by atoms with Crippen LogP contribution in [0.3, 0.4) is 0 Å². The topological polar surface area (TPSA) is 328 Å². The molecule has 1 aliphatic rings. The van der Waals surface area contributed by atoms with Gasteiger partial charge in [0, 0.05) is 17.2 Å². The Bertz CT molecular complexity index is 1900. The number of carbonyl (C=O) groups excluding carboxylic acids is 7. The number of aromatic hydroxyl groups is 2. The van der Waals surface area contributed by atoms with Gasteiger partial charge in [0.25, 0.3) is 0 Å². The van der Waals surface area contributed by atoms with Crippen LogP contribution in [0.15, 0.2) is 30.3 Å². The minimum absolute atomic E-state index is 0.0122. The van der Waals surface area contributed by atoms with Crippen molar-refractivity contribution >= 4 is 47.3 Å². The summed E-state index contributed by atoms with van der Waals surface area (Å²) in [5.41, 5.74) is 5.00. The van der Waals surface area contributed by atoms with Gasteiger partial charge in [-0.2, -0.15) is 0 Å². The summed E-state index contributed by atoms with van der Waals surface area (Å²) < 4.78 is 0. The lowest BCUT2D eigenvalue weighted by atomic mass is 9.88. The molecule has 7 atom stereocenters. The molecule has 13 N–H and O–H groups in total. The molecule has 0 saturated carbocycles. The van der Waals surface area contributed by atoms with Crippen molar-refractivity contribution in [1.29, 1.82) is 0 Å². The second-order valence-electron chi connectivity index (χ2n) is 14.1. The number of carbonyl (C=O) groups is 8. The summed E-state index contributed by atoms with van der Waals surface area (Å²) >= 11 is 0. The summed E-state index contributed by atoms with van der Waals surface area (Å²) in [6, 6.07) is -3.70. The minimum atomic E-state index is -1.84. The lowest BCUT2D eigenvalue weighted by Crippen LogP contribution is -2.58. The van der Waals surface area contributed by atoms with Crippen LogP contribution in [0.2, 0.25) is 0 Å². The van der Waals surface area contributed by atoms with E-state index < -0.39 is 114 Å². The third-order valence-corrected chi connectivity index (χ3v) is 9.10. The lowest BCUT2D eigenvalue weighted by Gasteiger charge is -2.28. The number of fused-ring (bicyclic) bond motifs is 4. The van der Waals surface area contributed by atoms with E-state index in [1.54, 1.807) is 7.05 Å². The predicted octanol–water partition coefficient (Wildman–Crippen LogP) is -1.82. The van der Waals surface area contributed by atoms with Gasteiger partial charge in [0.05, 0.1) is 19.1 Å². The van der Waals surface area contributed by atoms with Crippen LogP contribution >= 0.6 is 0 Å². The molecule has 0 saturated heterocycles. The van der Waals surface area contributed by atoms with Crippen molar-refractivity contribution in [3.8, 4) is 22.6 Å². The molecule has 1 heterocycles. The number of hydrogen-bond acceptors (Lipinski definition) is 12. The molecule has 0 radical (unpaired) electrons. The van der Waals surface area contributed by atoms with Gasteiger partial charge in [0.1, 0.15) is 41.7 Å². The number of carboxylic acids is 1. The van der Waals surface area contributed by atoms with Crippen LogP contribution in [0.25, 0.3) is 11.1 Å². The molecule has 2 aromatic rings. The number of hydrogen-bond donors (Lipinski definition) is 12. The molecule has 7 amide bonds. The third-order valence-electron chi connectivity index (χ3n) is 9.10. The largest absolute Gasteiger partial charge is 0.508 e. The van der Waals surface area contributed by atoms with Crippen molar-refractivity contribution in [3.05, 3.63) is 47.0 Å². The number of aliphatic hydroxyl groups excluding tert-OH is 1. The Kier molecular flexibility index (Phi) is 15.5. The average molecular weight is 799 g/mol. The minimum Gasteiger partial charge on any atom is -0.508 e. The molecule has 2 bridgehead atoms. The van der Waals surface area contributed by atoms with Gasteiger partial charge < -0.3 is 63.4 Å². The molecular weight excluding hydrogens is 748 g/mol. The van der Waals surface area contributed by atoms with Gasteiger partial charge in [0.15, 0.2) is 6.04 Å². The highest BCUT2D eigenvalue weighted by atomic mass is 16.4. The molecule has 20 nitrogen and oxygen atoms in total. The van der Waals surface area contributed by atoms with Crippen LogP contribution in [0, 0.1) is 5.92 Å². The van der Waals surface area contributed by atoms with Gasteiger partial charge in [-0.15, -0.1) is 0 Å². The molecule has 0 fully saturated rings. The maximum atomic E-state index is 13.7. The quantitative estimate of drug-likeness (QED) is 0.0946. The van der Waals surface area contributed by atoms with Gasteiger partial charge in [-0.1, -0.05) is 26.0 Å². The highest BCUT2D eigenvalue weighted by Crippen LogP contribution is 2.42. The summed E-state index contributed by atoms with van der Waals surface area (Å²) in [4.78, 5) is 104. The number of aliphatic carboxylic acids is 1. The maximum absolute atomic E-state index is 13.7. The highest BCUT2D eigenvalue weighted by molar-refractivity contribution is 5.99. The number of likely N-dealkylation sites (N-methyl/N-ethyl adjacent to an activating group) is 1. The van der Waals surface area contributed by atoms with Gasteiger partial charge in [-0.05, 0) is 69.0 Å². The monoisotopic (exact) mass is 798 g/mol. The zero-order chi connectivity index (χ0) is 42.9. The van der Waals surface area contributed by atoms with E-state index in [1.165, 1.54) is 39.0 Å². The van der Waals surface area contributed by atoms with Crippen molar-refractivity contribution in [3.63, 3.8) is 0 Å². The fraction of sp³-hybridized carbons (Fsp3) is 0.459. The van der Waals surface area contributed by atoms with Crippen LogP contribution in [-0.4, -0.2) is 105 Å². The van der Waals surface area contributed by atoms with Crippen molar-refractivity contribution < 1.29 is 58.8 Å². The van der Waals surface area contributed by atoms with Crippen LogP contribution in [0.1, 0.15) is 76.2 Å².